The summed E-state index contributed by atoms with van der Waals surface area (Å²) in [7, 11) is 1.99. The molecule has 2 fully saturated rings. The van der Waals surface area contributed by atoms with Gasteiger partial charge in [-0.15, -0.1) is 0 Å². The maximum Gasteiger partial charge on any atom is 0.249 e. The van der Waals surface area contributed by atoms with Gasteiger partial charge < -0.3 is 10.1 Å². The first-order chi connectivity index (χ1) is 13.2. The van der Waals surface area contributed by atoms with Crippen LogP contribution in [0.3, 0.4) is 0 Å². The van der Waals surface area contributed by atoms with Crippen molar-refractivity contribution in [3.05, 3.63) is 36.3 Å². The number of amides is 1. The lowest BCUT2D eigenvalue weighted by Gasteiger charge is -2.32. The number of carbonyl (C=O) groups is 1. The number of nitrogens with one attached hydrogen (secondary N) is 1. The van der Waals surface area contributed by atoms with E-state index in [1.165, 1.54) is 5.69 Å². The molecule has 27 heavy (non-hydrogen) atoms. The third kappa shape index (κ3) is 4.36. The predicted molar refractivity (Wildman–Crippen MR) is 102 cm³/mol. The summed E-state index contributed by atoms with van der Waals surface area (Å²) in [5.41, 5.74) is 3.19. The van der Waals surface area contributed by atoms with Crippen molar-refractivity contribution in [1.29, 1.82) is 0 Å². The summed E-state index contributed by atoms with van der Waals surface area (Å²) in [4.78, 5) is 18.8. The minimum Gasteiger partial charge on any atom is -0.368 e. The molecule has 2 aromatic rings. The fraction of sp³-hybridized carbons (Fsp3) is 0.550. The maximum atomic E-state index is 12.2. The number of carbonyl (C=O) groups excluding carboxylic acids is 1. The van der Waals surface area contributed by atoms with Gasteiger partial charge in [-0.3, -0.25) is 19.4 Å². The van der Waals surface area contributed by atoms with Crippen molar-refractivity contribution in [1.82, 2.24) is 25.0 Å². The highest BCUT2D eigenvalue weighted by atomic mass is 16.5. The van der Waals surface area contributed by atoms with Crippen molar-refractivity contribution in [2.24, 2.45) is 7.05 Å². The van der Waals surface area contributed by atoms with Crippen molar-refractivity contribution < 1.29 is 9.53 Å². The summed E-state index contributed by atoms with van der Waals surface area (Å²) in [6, 6.07) is 6.36. The van der Waals surface area contributed by atoms with E-state index in [0.29, 0.717) is 6.61 Å². The highest BCUT2D eigenvalue weighted by Gasteiger charge is 2.27. The van der Waals surface area contributed by atoms with E-state index in [2.05, 4.69) is 26.4 Å². The molecule has 2 aromatic heterocycles. The van der Waals surface area contributed by atoms with Crippen LogP contribution >= 0.6 is 0 Å². The van der Waals surface area contributed by atoms with E-state index < -0.39 is 0 Å². The number of likely N-dealkylation sites (tertiary alicyclic amines) is 1. The molecule has 4 heterocycles. The van der Waals surface area contributed by atoms with E-state index >= 15 is 0 Å². The number of pyridine rings is 1. The molecule has 0 unspecified atom stereocenters. The van der Waals surface area contributed by atoms with Gasteiger partial charge in [0, 0.05) is 57.3 Å². The van der Waals surface area contributed by atoms with Crippen LogP contribution in [0.4, 0.5) is 0 Å². The number of ether oxygens (including phenoxy) is 1. The molecule has 2 aliphatic rings. The third-order valence-corrected chi connectivity index (χ3v) is 5.48. The second-order valence-corrected chi connectivity index (χ2v) is 7.45. The Hall–Kier alpha value is -2.25. The van der Waals surface area contributed by atoms with Gasteiger partial charge in [0.2, 0.25) is 5.91 Å². The highest BCUT2D eigenvalue weighted by molar-refractivity contribution is 5.81. The summed E-state index contributed by atoms with van der Waals surface area (Å²) in [6.45, 7) is 3.53. The Balaban J connectivity index is 1.29. The van der Waals surface area contributed by atoms with Crippen LogP contribution < -0.4 is 5.32 Å². The van der Waals surface area contributed by atoms with Crippen molar-refractivity contribution in [3.63, 3.8) is 0 Å². The summed E-state index contributed by atoms with van der Waals surface area (Å²) in [5.74, 6) is 0.0682. The molecule has 2 saturated heterocycles. The first-order valence-electron chi connectivity index (χ1n) is 9.77. The van der Waals surface area contributed by atoms with E-state index in [0.717, 1.165) is 56.6 Å². The predicted octanol–water partition coefficient (Wildman–Crippen LogP) is 1.74. The van der Waals surface area contributed by atoms with Crippen LogP contribution in [0.2, 0.25) is 0 Å². The van der Waals surface area contributed by atoms with Crippen LogP contribution in [0, 0.1) is 0 Å². The number of piperidine rings is 1. The molecule has 0 spiro atoms. The van der Waals surface area contributed by atoms with Crippen LogP contribution in [-0.4, -0.2) is 57.4 Å². The van der Waals surface area contributed by atoms with Gasteiger partial charge in [0.25, 0.3) is 0 Å². The SMILES string of the molecule is Cn1nc(-c2cccnc2)cc1CN1CCC(NC(=O)[C@H]2CCCO2)CC1. The van der Waals surface area contributed by atoms with Gasteiger partial charge in [0.05, 0.1) is 11.4 Å². The number of hydrogen-bond acceptors (Lipinski definition) is 5. The Kier molecular flexibility index (Phi) is 5.50. The zero-order chi connectivity index (χ0) is 18.6. The minimum atomic E-state index is -0.233. The Morgan fingerprint density at radius 2 is 2.19 bits per heavy atom. The summed E-state index contributed by atoms with van der Waals surface area (Å²) >= 11 is 0. The lowest BCUT2D eigenvalue weighted by atomic mass is 10.0. The topological polar surface area (TPSA) is 72.3 Å². The molecule has 144 valence electrons. The number of hydrogen-bond donors (Lipinski definition) is 1. The normalized spacial score (nSPS) is 21.4. The van der Waals surface area contributed by atoms with Crippen LogP contribution in [0.15, 0.2) is 30.6 Å². The van der Waals surface area contributed by atoms with Crippen LogP contribution in [0.25, 0.3) is 11.3 Å². The lowest BCUT2D eigenvalue weighted by Crippen LogP contribution is -2.47. The van der Waals surface area contributed by atoms with E-state index in [9.17, 15) is 4.79 Å². The molecule has 0 radical (unpaired) electrons. The van der Waals surface area contributed by atoms with Crippen molar-refractivity contribution >= 4 is 5.91 Å². The van der Waals surface area contributed by atoms with E-state index in [4.69, 9.17) is 4.74 Å². The van der Waals surface area contributed by atoms with Crippen LogP contribution in [0.5, 0.6) is 0 Å². The molecule has 1 atom stereocenters. The second kappa shape index (κ2) is 8.19. The van der Waals surface area contributed by atoms with Gasteiger partial charge in [-0.2, -0.15) is 5.10 Å². The largest absolute Gasteiger partial charge is 0.368 e. The number of rotatable bonds is 5. The van der Waals surface area contributed by atoms with Gasteiger partial charge in [-0.25, -0.2) is 0 Å². The summed E-state index contributed by atoms with van der Waals surface area (Å²) in [6.07, 6.45) is 7.18. The zero-order valence-electron chi connectivity index (χ0n) is 15.8. The molecule has 0 saturated carbocycles. The first kappa shape index (κ1) is 18.1. The first-order valence-corrected chi connectivity index (χ1v) is 9.77. The second-order valence-electron chi connectivity index (χ2n) is 7.45. The molecule has 0 aromatic carbocycles. The van der Waals surface area contributed by atoms with E-state index in [1.807, 2.05) is 30.1 Å². The van der Waals surface area contributed by atoms with Crippen molar-refractivity contribution in [3.8, 4) is 11.3 Å². The van der Waals surface area contributed by atoms with Crippen LogP contribution in [0.1, 0.15) is 31.4 Å². The number of nitrogens with zero attached hydrogens (tertiary/aromatic N) is 4. The highest BCUT2D eigenvalue weighted by Crippen LogP contribution is 2.20. The van der Waals surface area contributed by atoms with Gasteiger partial charge in [-0.1, -0.05) is 0 Å². The van der Waals surface area contributed by atoms with Gasteiger partial charge >= 0.3 is 0 Å². The maximum absolute atomic E-state index is 12.2. The average molecular weight is 369 g/mol. The van der Waals surface area contributed by atoms with E-state index in [-0.39, 0.29) is 18.1 Å². The van der Waals surface area contributed by atoms with Gasteiger partial charge in [0.15, 0.2) is 0 Å². The molecule has 0 bridgehead atoms. The quantitative estimate of drug-likeness (QED) is 0.869. The van der Waals surface area contributed by atoms with Gasteiger partial charge in [-0.05, 0) is 43.9 Å². The molecular weight excluding hydrogens is 342 g/mol. The van der Waals surface area contributed by atoms with E-state index in [1.54, 1.807) is 6.20 Å². The lowest BCUT2D eigenvalue weighted by molar-refractivity contribution is -0.131. The monoisotopic (exact) mass is 369 g/mol. The average Bonchev–Trinajstić information content (AvgIpc) is 3.35. The summed E-state index contributed by atoms with van der Waals surface area (Å²) < 4.78 is 7.42. The van der Waals surface area contributed by atoms with Crippen molar-refractivity contribution in [2.75, 3.05) is 19.7 Å². The standard InChI is InChI=1S/C20H27N5O2/c1-24-17(12-18(23-24)15-4-2-8-21-13-15)14-25-9-6-16(7-10-25)22-20(26)19-5-3-11-27-19/h2,4,8,12-13,16,19H,3,5-7,9-11,14H2,1H3,(H,22,26)/t19-/m1/s1. The molecule has 1 N–H and O–H groups in total. The van der Waals surface area contributed by atoms with Gasteiger partial charge in [0.1, 0.15) is 6.10 Å². The number of aromatic nitrogens is 3. The Morgan fingerprint density at radius 1 is 1.33 bits per heavy atom. The molecule has 2 aliphatic heterocycles. The molecule has 7 nitrogen and oxygen atoms in total. The van der Waals surface area contributed by atoms with Crippen molar-refractivity contribution in [2.45, 2.75) is 44.4 Å². The minimum absolute atomic E-state index is 0.0682. The van der Waals surface area contributed by atoms with Crippen LogP contribution in [-0.2, 0) is 23.1 Å². The Bertz CT molecular complexity index is 762. The fourth-order valence-corrected chi connectivity index (χ4v) is 3.85. The molecule has 4 rings (SSSR count). The molecule has 0 aliphatic carbocycles. The third-order valence-electron chi connectivity index (χ3n) is 5.48. The number of aryl methyl sites for hydroxylation is 1. The summed E-state index contributed by atoms with van der Waals surface area (Å²) in [5, 5.41) is 7.79. The fourth-order valence-electron chi connectivity index (χ4n) is 3.85. The molecule has 7 heteroatoms. The smallest absolute Gasteiger partial charge is 0.249 e. The Morgan fingerprint density at radius 3 is 2.89 bits per heavy atom. The molecular formula is C20H27N5O2. The zero-order valence-corrected chi connectivity index (χ0v) is 15.8. The Labute approximate surface area is 159 Å². The molecule has 1 amide bonds.